The number of aromatic amines is 1. The van der Waals surface area contributed by atoms with Crippen LogP contribution in [0.5, 0.6) is 0 Å². The molecule has 3 atom stereocenters. The summed E-state index contributed by atoms with van der Waals surface area (Å²) in [7, 11) is 0. The predicted molar refractivity (Wildman–Crippen MR) is 78.3 cm³/mol. The topological polar surface area (TPSA) is 137 Å². The molecule has 0 amide bonds. The van der Waals surface area contributed by atoms with Crippen LogP contribution in [0.3, 0.4) is 0 Å². The number of hydrogen-bond donors (Lipinski definition) is 2. The normalized spacial score (nSPS) is 24.3. The van der Waals surface area contributed by atoms with Gasteiger partial charge in [0.2, 0.25) is 5.82 Å². The van der Waals surface area contributed by atoms with Gasteiger partial charge in [0.25, 0.3) is 5.56 Å². The van der Waals surface area contributed by atoms with Crippen LogP contribution in [0.1, 0.15) is 20.1 Å². The largest absolute Gasteiger partial charge is 0.463 e. The summed E-state index contributed by atoms with van der Waals surface area (Å²) in [5.74, 6) is -2.95. The van der Waals surface area contributed by atoms with Crippen LogP contribution in [0.25, 0.3) is 0 Å². The van der Waals surface area contributed by atoms with E-state index < -0.39 is 66.3 Å². The molecular weight excluding hydrogens is 362 g/mol. The van der Waals surface area contributed by atoms with Gasteiger partial charge in [0.1, 0.15) is 19.3 Å². The van der Waals surface area contributed by atoms with Crippen molar-refractivity contribution in [1.82, 2.24) is 9.55 Å². The number of halogens is 2. The molecule has 2 rings (SSSR count). The third kappa shape index (κ3) is 3.80. The first-order valence-electron chi connectivity index (χ1n) is 7.35. The second-order valence-corrected chi connectivity index (χ2v) is 5.67. The monoisotopic (exact) mass is 378 g/mol. The number of hydrogen-bond acceptors (Lipinski definition) is 8. The predicted octanol–water partition coefficient (Wildman–Crippen LogP) is -1.23. The van der Waals surface area contributed by atoms with Gasteiger partial charge in [0.05, 0.1) is 6.20 Å². The zero-order chi connectivity index (χ0) is 19.6. The number of carbonyl (C=O) groups is 2. The molecule has 12 heteroatoms. The molecule has 26 heavy (non-hydrogen) atoms. The molecule has 1 fully saturated rings. The van der Waals surface area contributed by atoms with Gasteiger partial charge in [-0.3, -0.25) is 23.9 Å². The Morgan fingerprint density at radius 3 is 2.35 bits per heavy atom. The molecule has 1 aromatic heterocycles. The summed E-state index contributed by atoms with van der Waals surface area (Å²) >= 11 is 0. The number of rotatable bonds is 5. The molecule has 0 bridgehead atoms. The average molecular weight is 378 g/mol. The summed E-state index contributed by atoms with van der Waals surface area (Å²) in [6.07, 6.45) is -5.73. The molecule has 0 saturated carbocycles. The molecule has 1 aromatic rings. The van der Waals surface area contributed by atoms with Gasteiger partial charge >= 0.3 is 17.6 Å². The van der Waals surface area contributed by atoms with Crippen molar-refractivity contribution in [2.75, 3.05) is 13.2 Å². The van der Waals surface area contributed by atoms with E-state index in [2.05, 4.69) is 0 Å². The minimum atomic E-state index is -2.29. The summed E-state index contributed by atoms with van der Waals surface area (Å²) in [4.78, 5) is 46.6. The quantitative estimate of drug-likeness (QED) is 0.608. The van der Waals surface area contributed by atoms with Gasteiger partial charge in [-0.15, -0.1) is 0 Å². The van der Waals surface area contributed by atoms with Crippen molar-refractivity contribution in [3.8, 4) is 0 Å². The maximum Gasteiger partial charge on any atom is 0.330 e. The number of nitrogens with one attached hydrogen (secondary N) is 1. The van der Waals surface area contributed by atoms with Crippen molar-refractivity contribution < 1.29 is 37.7 Å². The van der Waals surface area contributed by atoms with Gasteiger partial charge in [0, 0.05) is 13.8 Å². The first-order valence-corrected chi connectivity index (χ1v) is 7.35. The summed E-state index contributed by atoms with van der Waals surface area (Å²) < 4.78 is 43.2. The van der Waals surface area contributed by atoms with E-state index in [0.717, 1.165) is 13.8 Å². The smallest absolute Gasteiger partial charge is 0.330 e. The molecule has 0 spiro atoms. The molecule has 144 valence electrons. The van der Waals surface area contributed by atoms with Crippen LogP contribution in [0.2, 0.25) is 0 Å². The standard InChI is InChI=1S/C14H16F2N2O8/c1-6(19)24-4-14(5-25-7(2)20)10(21)9(16)12(26-14)18-3-8(15)11(22)17-13(18)23/h3,9-10,12,21H,4-5H2,1-2H3,(H,17,22,23)/t9-,10-,12+/m0/s1. The molecule has 0 aromatic carbocycles. The van der Waals surface area contributed by atoms with Gasteiger partial charge < -0.3 is 19.3 Å². The number of alkyl halides is 1. The molecule has 0 aliphatic carbocycles. The second-order valence-electron chi connectivity index (χ2n) is 5.67. The van der Waals surface area contributed by atoms with Crippen LogP contribution < -0.4 is 11.2 Å². The van der Waals surface area contributed by atoms with E-state index in [1.807, 2.05) is 0 Å². The van der Waals surface area contributed by atoms with Crippen molar-refractivity contribution in [3.05, 3.63) is 32.9 Å². The summed E-state index contributed by atoms with van der Waals surface area (Å²) in [5.41, 5.74) is -4.54. The number of esters is 2. The molecule has 10 nitrogen and oxygen atoms in total. The zero-order valence-electron chi connectivity index (χ0n) is 13.7. The Morgan fingerprint density at radius 1 is 1.31 bits per heavy atom. The number of carbonyl (C=O) groups excluding carboxylic acids is 2. The fourth-order valence-corrected chi connectivity index (χ4v) is 2.41. The average Bonchev–Trinajstić information content (AvgIpc) is 2.80. The van der Waals surface area contributed by atoms with Crippen molar-refractivity contribution >= 4 is 11.9 Å². The number of nitrogens with zero attached hydrogens (tertiary/aromatic N) is 1. The lowest BCUT2D eigenvalue weighted by Gasteiger charge is -2.30. The van der Waals surface area contributed by atoms with Gasteiger partial charge in [0.15, 0.2) is 18.0 Å². The molecule has 1 aliphatic heterocycles. The number of aliphatic hydroxyl groups excluding tert-OH is 1. The van der Waals surface area contributed by atoms with E-state index in [9.17, 15) is 33.1 Å². The molecule has 0 radical (unpaired) electrons. The molecule has 2 N–H and O–H groups in total. The van der Waals surface area contributed by atoms with Gasteiger partial charge in [-0.1, -0.05) is 0 Å². The van der Waals surface area contributed by atoms with E-state index in [1.165, 1.54) is 0 Å². The summed E-state index contributed by atoms with van der Waals surface area (Å²) in [6.45, 7) is 0.697. The molecule has 0 unspecified atom stereocenters. The van der Waals surface area contributed by atoms with Crippen LogP contribution in [0.4, 0.5) is 8.78 Å². The zero-order valence-corrected chi connectivity index (χ0v) is 13.7. The Balaban J connectivity index is 2.41. The van der Waals surface area contributed by atoms with E-state index >= 15 is 0 Å². The maximum atomic E-state index is 14.6. The maximum absolute atomic E-state index is 14.6. The molecule has 2 heterocycles. The number of aromatic nitrogens is 2. The van der Waals surface area contributed by atoms with Crippen LogP contribution in [-0.2, 0) is 23.8 Å². The van der Waals surface area contributed by atoms with Crippen molar-refractivity contribution in [3.63, 3.8) is 0 Å². The fourth-order valence-electron chi connectivity index (χ4n) is 2.41. The van der Waals surface area contributed by atoms with Gasteiger partial charge in [-0.05, 0) is 0 Å². The number of ether oxygens (including phenoxy) is 3. The number of aliphatic hydroxyl groups is 1. The third-order valence-electron chi connectivity index (χ3n) is 3.71. The van der Waals surface area contributed by atoms with E-state index in [0.29, 0.717) is 10.8 Å². The number of H-pyrrole nitrogens is 1. The lowest BCUT2D eigenvalue weighted by molar-refractivity contribution is -0.184. The highest BCUT2D eigenvalue weighted by Crippen LogP contribution is 2.39. The van der Waals surface area contributed by atoms with E-state index in [4.69, 9.17) is 14.2 Å². The minimum absolute atomic E-state index is 0.397. The Hall–Kier alpha value is -2.60. The van der Waals surface area contributed by atoms with Crippen molar-refractivity contribution in [2.45, 2.75) is 38.0 Å². The molecular formula is C14H16F2N2O8. The van der Waals surface area contributed by atoms with Crippen molar-refractivity contribution in [1.29, 1.82) is 0 Å². The van der Waals surface area contributed by atoms with Gasteiger partial charge in [-0.2, -0.15) is 4.39 Å². The minimum Gasteiger partial charge on any atom is -0.463 e. The highest BCUT2D eigenvalue weighted by Gasteiger charge is 2.58. The van der Waals surface area contributed by atoms with E-state index in [1.54, 1.807) is 4.98 Å². The lowest BCUT2D eigenvalue weighted by atomic mass is 9.97. The van der Waals surface area contributed by atoms with Gasteiger partial charge in [-0.25, -0.2) is 9.18 Å². The SMILES string of the molecule is CC(=O)OCC1(COC(C)=O)O[C@@H](n2cc(F)c(=O)[nH]c2=O)[C@@H](F)[C@@H]1O. The Labute approximate surface area is 144 Å². The fraction of sp³-hybridized carbons (Fsp3) is 0.571. The van der Waals surface area contributed by atoms with Crippen LogP contribution in [0, 0.1) is 5.82 Å². The lowest BCUT2D eigenvalue weighted by Crippen LogP contribution is -2.50. The third-order valence-corrected chi connectivity index (χ3v) is 3.71. The Bertz CT molecular complexity index is 802. The second kappa shape index (κ2) is 7.33. The van der Waals surface area contributed by atoms with Crippen molar-refractivity contribution in [2.24, 2.45) is 0 Å². The van der Waals surface area contributed by atoms with Crippen LogP contribution in [-0.4, -0.2) is 57.7 Å². The Morgan fingerprint density at radius 2 is 1.85 bits per heavy atom. The molecule has 1 aliphatic rings. The first kappa shape index (κ1) is 19.7. The molecule has 1 saturated heterocycles. The summed E-state index contributed by atoms with van der Waals surface area (Å²) in [5, 5.41) is 10.2. The van der Waals surface area contributed by atoms with E-state index in [-0.39, 0.29) is 0 Å². The highest BCUT2D eigenvalue weighted by atomic mass is 19.1. The first-order chi connectivity index (χ1) is 12.1. The Kier molecular flexibility index (Phi) is 5.56. The van der Waals surface area contributed by atoms with Crippen LogP contribution >= 0.6 is 0 Å². The highest BCUT2D eigenvalue weighted by molar-refractivity contribution is 5.66. The van der Waals surface area contributed by atoms with Crippen LogP contribution in [0.15, 0.2) is 15.8 Å². The summed E-state index contributed by atoms with van der Waals surface area (Å²) in [6, 6.07) is 0.